The van der Waals surface area contributed by atoms with Crippen LogP contribution in [0.25, 0.3) is 0 Å². The first-order valence-corrected chi connectivity index (χ1v) is 6.47. The summed E-state index contributed by atoms with van der Waals surface area (Å²) in [5, 5.41) is 8.51. The topological polar surface area (TPSA) is 37.3 Å². The van der Waals surface area contributed by atoms with Crippen LogP contribution in [0.3, 0.4) is 0 Å². The van der Waals surface area contributed by atoms with Crippen molar-refractivity contribution < 1.29 is 9.90 Å². The summed E-state index contributed by atoms with van der Waals surface area (Å²) in [4.78, 5) is 10.3. The standard InChI is InChI=1S/C15H22O2/c1-13(14-10-6-4-7-11-14)9-5-2-3-8-12-15(16)17/h4,6-7,10-11,13H,2-3,5,8-9,12H2,1H3,(H,16,17). The molecule has 1 aromatic rings. The third-order valence-corrected chi connectivity index (χ3v) is 3.15. The second kappa shape index (κ2) is 7.88. The maximum Gasteiger partial charge on any atom is 0.303 e. The Morgan fingerprint density at radius 1 is 1.12 bits per heavy atom. The van der Waals surface area contributed by atoms with Crippen molar-refractivity contribution >= 4 is 5.97 Å². The Morgan fingerprint density at radius 3 is 2.41 bits per heavy atom. The van der Waals surface area contributed by atoms with Crippen molar-refractivity contribution in [2.45, 2.75) is 51.4 Å². The molecule has 1 aromatic carbocycles. The smallest absolute Gasteiger partial charge is 0.303 e. The normalized spacial score (nSPS) is 12.3. The van der Waals surface area contributed by atoms with E-state index in [-0.39, 0.29) is 0 Å². The number of rotatable bonds is 8. The number of carbonyl (C=O) groups is 1. The number of hydrogen-bond acceptors (Lipinski definition) is 1. The van der Waals surface area contributed by atoms with Crippen molar-refractivity contribution in [2.75, 3.05) is 0 Å². The number of hydrogen-bond donors (Lipinski definition) is 1. The van der Waals surface area contributed by atoms with E-state index < -0.39 is 5.97 Å². The average Bonchev–Trinajstić information content (AvgIpc) is 2.34. The highest BCUT2D eigenvalue weighted by molar-refractivity contribution is 5.66. The fraction of sp³-hybridized carbons (Fsp3) is 0.533. The molecular formula is C15H22O2. The fourth-order valence-electron chi connectivity index (χ4n) is 2.03. The molecule has 0 aromatic heterocycles. The maximum absolute atomic E-state index is 10.3. The summed E-state index contributed by atoms with van der Waals surface area (Å²) < 4.78 is 0. The van der Waals surface area contributed by atoms with E-state index in [0.717, 1.165) is 19.3 Å². The first-order valence-electron chi connectivity index (χ1n) is 6.47. The fourth-order valence-corrected chi connectivity index (χ4v) is 2.03. The molecule has 0 amide bonds. The second-order valence-corrected chi connectivity index (χ2v) is 4.66. The van der Waals surface area contributed by atoms with E-state index in [1.807, 2.05) is 6.07 Å². The zero-order valence-electron chi connectivity index (χ0n) is 10.6. The predicted molar refractivity (Wildman–Crippen MR) is 70.2 cm³/mol. The third kappa shape index (κ3) is 6.10. The molecule has 0 bridgehead atoms. The van der Waals surface area contributed by atoms with Crippen LogP contribution in [0.4, 0.5) is 0 Å². The van der Waals surface area contributed by atoms with Crippen LogP contribution in [0.1, 0.15) is 56.9 Å². The quantitative estimate of drug-likeness (QED) is 0.684. The molecule has 2 nitrogen and oxygen atoms in total. The number of carboxylic acid groups (broad SMARTS) is 1. The van der Waals surface area contributed by atoms with Crippen LogP contribution in [0.15, 0.2) is 30.3 Å². The highest BCUT2D eigenvalue weighted by Gasteiger charge is 2.04. The van der Waals surface area contributed by atoms with E-state index >= 15 is 0 Å². The highest BCUT2D eigenvalue weighted by atomic mass is 16.4. The zero-order valence-corrected chi connectivity index (χ0v) is 10.6. The van der Waals surface area contributed by atoms with Crippen molar-refractivity contribution in [2.24, 2.45) is 0 Å². The molecular weight excluding hydrogens is 212 g/mol. The lowest BCUT2D eigenvalue weighted by Gasteiger charge is -2.11. The molecule has 1 atom stereocenters. The van der Waals surface area contributed by atoms with Crippen molar-refractivity contribution in [3.8, 4) is 0 Å². The minimum atomic E-state index is -0.678. The van der Waals surface area contributed by atoms with Gasteiger partial charge >= 0.3 is 5.97 Å². The van der Waals surface area contributed by atoms with Crippen LogP contribution >= 0.6 is 0 Å². The Balaban J connectivity index is 2.09. The lowest BCUT2D eigenvalue weighted by molar-refractivity contribution is -0.137. The molecule has 0 aliphatic rings. The molecule has 2 heteroatoms. The van der Waals surface area contributed by atoms with Crippen LogP contribution in [0.5, 0.6) is 0 Å². The van der Waals surface area contributed by atoms with Crippen LogP contribution < -0.4 is 0 Å². The minimum absolute atomic E-state index is 0.314. The van der Waals surface area contributed by atoms with Gasteiger partial charge in [0.1, 0.15) is 0 Å². The Morgan fingerprint density at radius 2 is 1.76 bits per heavy atom. The van der Waals surface area contributed by atoms with E-state index in [0.29, 0.717) is 12.3 Å². The average molecular weight is 234 g/mol. The van der Waals surface area contributed by atoms with E-state index in [1.165, 1.54) is 18.4 Å². The summed E-state index contributed by atoms with van der Waals surface area (Å²) in [6.45, 7) is 2.26. The molecule has 94 valence electrons. The van der Waals surface area contributed by atoms with Gasteiger partial charge < -0.3 is 5.11 Å². The van der Waals surface area contributed by atoms with Crippen molar-refractivity contribution in [3.63, 3.8) is 0 Å². The Labute approximate surface area is 104 Å². The summed E-state index contributed by atoms with van der Waals surface area (Å²) in [6, 6.07) is 10.6. The summed E-state index contributed by atoms with van der Waals surface area (Å²) in [5.74, 6) is -0.0710. The molecule has 1 rings (SSSR count). The Kier molecular flexibility index (Phi) is 6.38. The molecule has 1 unspecified atom stereocenters. The van der Waals surface area contributed by atoms with Gasteiger partial charge in [0.2, 0.25) is 0 Å². The van der Waals surface area contributed by atoms with E-state index in [1.54, 1.807) is 0 Å². The van der Waals surface area contributed by atoms with Crippen molar-refractivity contribution in [1.29, 1.82) is 0 Å². The Hall–Kier alpha value is -1.31. The summed E-state index contributed by atoms with van der Waals surface area (Å²) in [6.07, 6.45) is 5.69. The van der Waals surface area contributed by atoms with Crippen molar-refractivity contribution in [3.05, 3.63) is 35.9 Å². The number of unbranched alkanes of at least 4 members (excludes halogenated alkanes) is 3. The maximum atomic E-state index is 10.3. The van der Waals surface area contributed by atoms with Gasteiger partial charge in [0.15, 0.2) is 0 Å². The SMILES string of the molecule is CC(CCCCCCC(=O)O)c1ccccc1. The minimum Gasteiger partial charge on any atom is -0.481 e. The van der Waals surface area contributed by atoms with Gasteiger partial charge in [-0.1, -0.05) is 56.5 Å². The molecule has 0 saturated heterocycles. The molecule has 0 heterocycles. The Bertz CT molecular complexity index is 319. The van der Waals surface area contributed by atoms with Crippen molar-refractivity contribution in [1.82, 2.24) is 0 Å². The van der Waals surface area contributed by atoms with E-state index in [9.17, 15) is 4.79 Å². The zero-order chi connectivity index (χ0) is 12.5. The van der Waals surface area contributed by atoms with Crippen LogP contribution in [-0.2, 0) is 4.79 Å². The first-order chi connectivity index (χ1) is 8.20. The van der Waals surface area contributed by atoms with Crippen LogP contribution in [0, 0.1) is 0 Å². The van der Waals surface area contributed by atoms with Gasteiger partial charge in [0.25, 0.3) is 0 Å². The van der Waals surface area contributed by atoms with Gasteiger partial charge in [-0.3, -0.25) is 4.79 Å². The summed E-state index contributed by atoms with van der Waals surface area (Å²) >= 11 is 0. The molecule has 0 aliphatic heterocycles. The molecule has 0 saturated carbocycles. The monoisotopic (exact) mass is 234 g/mol. The van der Waals surface area contributed by atoms with Gasteiger partial charge in [0.05, 0.1) is 0 Å². The van der Waals surface area contributed by atoms with Gasteiger partial charge in [-0.05, 0) is 24.3 Å². The second-order valence-electron chi connectivity index (χ2n) is 4.66. The summed E-state index contributed by atoms with van der Waals surface area (Å²) in [7, 11) is 0. The van der Waals surface area contributed by atoms with Gasteiger partial charge in [-0.25, -0.2) is 0 Å². The lowest BCUT2D eigenvalue weighted by Crippen LogP contribution is -1.95. The number of carboxylic acids is 1. The van der Waals surface area contributed by atoms with Gasteiger partial charge in [-0.2, -0.15) is 0 Å². The van der Waals surface area contributed by atoms with Crippen LogP contribution in [-0.4, -0.2) is 11.1 Å². The molecule has 0 fully saturated rings. The third-order valence-electron chi connectivity index (χ3n) is 3.15. The number of aliphatic carboxylic acids is 1. The first kappa shape index (κ1) is 13.8. The largest absolute Gasteiger partial charge is 0.481 e. The molecule has 0 spiro atoms. The lowest BCUT2D eigenvalue weighted by atomic mass is 9.95. The van der Waals surface area contributed by atoms with E-state index in [2.05, 4.69) is 31.2 Å². The van der Waals surface area contributed by atoms with Gasteiger partial charge in [0, 0.05) is 6.42 Å². The summed E-state index contributed by atoms with van der Waals surface area (Å²) in [5.41, 5.74) is 1.40. The number of benzene rings is 1. The van der Waals surface area contributed by atoms with Gasteiger partial charge in [-0.15, -0.1) is 0 Å². The highest BCUT2D eigenvalue weighted by Crippen LogP contribution is 2.21. The molecule has 0 aliphatic carbocycles. The molecule has 0 radical (unpaired) electrons. The molecule has 17 heavy (non-hydrogen) atoms. The van der Waals surface area contributed by atoms with E-state index in [4.69, 9.17) is 5.11 Å². The predicted octanol–water partition coefficient (Wildman–Crippen LogP) is 4.22. The molecule has 1 N–H and O–H groups in total. The van der Waals surface area contributed by atoms with Crippen LogP contribution in [0.2, 0.25) is 0 Å².